The van der Waals surface area contributed by atoms with Crippen molar-refractivity contribution in [1.82, 2.24) is 0 Å². The quantitative estimate of drug-likeness (QED) is 0.0197. The molecule has 0 aromatic rings. The molecular formula is C70H107O11P. The average Bonchev–Trinajstić information content (AvgIpc) is 3.47. The van der Waals surface area contributed by atoms with E-state index in [4.69, 9.17) is 23.3 Å². The van der Waals surface area contributed by atoms with Gasteiger partial charge in [-0.3, -0.25) is 23.4 Å². The minimum absolute atomic E-state index is 0.0826. The Bertz CT molecular complexity index is 2080. The van der Waals surface area contributed by atoms with Crippen LogP contribution in [0.1, 0.15) is 201 Å². The van der Waals surface area contributed by atoms with Gasteiger partial charge in [-0.05, 0) is 148 Å². The molecule has 0 saturated carbocycles. The molecule has 3 unspecified atom stereocenters. The second kappa shape index (κ2) is 61.6. The number of carbonyl (C=O) groups excluding carboxylic acids is 3. The van der Waals surface area contributed by atoms with Crippen molar-refractivity contribution in [2.45, 2.75) is 213 Å². The molecule has 0 rings (SSSR count). The Morgan fingerprint density at radius 2 is 0.610 bits per heavy atom. The van der Waals surface area contributed by atoms with Crippen LogP contribution in [0.15, 0.2) is 182 Å². The zero-order valence-electron chi connectivity index (χ0n) is 50.6. The van der Waals surface area contributed by atoms with Gasteiger partial charge in [0.1, 0.15) is 12.7 Å². The van der Waals surface area contributed by atoms with Crippen LogP contribution in [0.4, 0.5) is 0 Å². The van der Waals surface area contributed by atoms with Crippen molar-refractivity contribution >= 4 is 25.7 Å². The Morgan fingerprint density at radius 1 is 0.341 bits per heavy atom. The molecule has 0 heterocycles. The number of hydrogen-bond donors (Lipinski definition) is 2. The molecule has 0 aliphatic heterocycles. The molecule has 0 aliphatic rings. The number of carbonyl (C=O) groups is 3. The van der Waals surface area contributed by atoms with Crippen LogP contribution in [0.2, 0.25) is 0 Å². The van der Waals surface area contributed by atoms with E-state index in [-0.39, 0.29) is 25.9 Å². The Kier molecular flexibility index (Phi) is 57.6. The highest BCUT2D eigenvalue weighted by molar-refractivity contribution is 7.47. The van der Waals surface area contributed by atoms with Crippen molar-refractivity contribution < 1.29 is 52.2 Å². The largest absolute Gasteiger partial charge is 0.472 e. The molecule has 0 spiro atoms. The van der Waals surface area contributed by atoms with Gasteiger partial charge in [0.05, 0.1) is 19.8 Å². The number of unbranched alkanes of at least 4 members (excludes halogenated alkanes) is 7. The summed E-state index contributed by atoms with van der Waals surface area (Å²) >= 11 is 0. The van der Waals surface area contributed by atoms with E-state index < -0.39 is 57.8 Å². The minimum Gasteiger partial charge on any atom is -0.462 e. The van der Waals surface area contributed by atoms with Crippen molar-refractivity contribution in [2.75, 3.05) is 26.4 Å². The summed E-state index contributed by atoms with van der Waals surface area (Å²) in [7, 11) is -4.80. The molecule has 12 heteroatoms. The lowest BCUT2D eigenvalue weighted by atomic mass is 10.1. The van der Waals surface area contributed by atoms with Crippen LogP contribution in [0.3, 0.4) is 0 Å². The van der Waals surface area contributed by atoms with Crippen molar-refractivity contribution in [3.63, 3.8) is 0 Å². The van der Waals surface area contributed by atoms with Gasteiger partial charge in [-0.25, -0.2) is 4.57 Å². The SMILES string of the molecule is CC/C=C\C/C=C\C/C=C\C/C=C\C/C=C\CCCCCC(=O)OCC(COP(=O)(O)OCC(CO)OC(=O)CCC/C=C\C/C=C\C/C=C\C/C=C\C/C=C\CC)OC(=O)CCCCC/C=C\C/C=C\C/C=C\C/C=C\C/C=C\CC. The zero-order valence-corrected chi connectivity index (χ0v) is 51.5. The molecular weight excluding hydrogens is 1050 g/mol. The fourth-order valence-electron chi connectivity index (χ4n) is 7.27. The van der Waals surface area contributed by atoms with E-state index in [1.54, 1.807) is 0 Å². The van der Waals surface area contributed by atoms with Crippen molar-refractivity contribution in [2.24, 2.45) is 0 Å². The first-order chi connectivity index (χ1) is 40.2. The van der Waals surface area contributed by atoms with Gasteiger partial charge in [-0.2, -0.15) is 0 Å². The monoisotopic (exact) mass is 1150 g/mol. The normalized spacial score (nSPS) is 14.5. The predicted octanol–water partition coefficient (Wildman–Crippen LogP) is 18.8. The van der Waals surface area contributed by atoms with Crippen LogP contribution in [-0.4, -0.2) is 66.5 Å². The van der Waals surface area contributed by atoms with Crippen molar-refractivity contribution in [1.29, 1.82) is 0 Å². The number of esters is 3. The van der Waals surface area contributed by atoms with Crippen LogP contribution in [0, 0.1) is 0 Å². The molecule has 0 amide bonds. The van der Waals surface area contributed by atoms with E-state index in [0.717, 1.165) is 135 Å². The average molecular weight is 1160 g/mol. The number of aliphatic hydroxyl groups excluding tert-OH is 1. The number of phosphoric acid groups is 1. The molecule has 0 saturated heterocycles. The lowest BCUT2D eigenvalue weighted by molar-refractivity contribution is -0.161. The van der Waals surface area contributed by atoms with Crippen molar-refractivity contribution in [3.05, 3.63) is 182 Å². The molecule has 0 bridgehead atoms. The Hall–Kier alpha value is -5.42. The number of hydrogen-bond acceptors (Lipinski definition) is 10. The molecule has 0 aromatic heterocycles. The molecule has 82 heavy (non-hydrogen) atoms. The van der Waals surface area contributed by atoms with Crippen LogP contribution in [0.5, 0.6) is 0 Å². The van der Waals surface area contributed by atoms with Gasteiger partial charge in [-0.1, -0.05) is 216 Å². The fourth-order valence-corrected chi connectivity index (χ4v) is 8.05. The van der Waals surface area contributed by atoms with Gasteiger partial charge in [0.2, 0.25) is 0 Å². The van der Waals surface area contributed by atoms with Gasteiger partial charge in [0, 0.05) is 19.3 Å². The van der Waals surface area contributed by atoms with Crippen LogP contribution in [0.25, 0.3) is 0 Å². The first kappa shape index (κ1) is 76.6. The third kappa shape index (κ3) is 59.2. The summed E-state index contributed by atoms with van der Waals surface area (Å²) in [6.45, 7) is 4.14. The third-order valence-corrected chi connectivity index (χ3v) is 12.8. The van der Waals surface area contributed by atoms with Gasteiger partial charge in [-0.15, -0.1) is 0 Å². The highest BCUT2D eigenvalue weighted by atomic mass is 31.2. The number of phosphoric ester groups is 1. The van der Waals surface area contributed by atoms with E-state index in [1.807, 2.05) is 12.2 Å². The summed E-state index contributed by atoms with van der Waals surface area (Å²) in [4.78, 5) is 48.7. The Balaban J connectivity index is 4.93. The highest BCUT2D eigenvalue weighted by Crippen LogP contribution is 2.43. The Morgan fingerprint density at radius 3 is 0.939 bits per heavy atom. The molecule has 0 fully saturated rings. The molecule has 11 nitrogen and oxygen atoms in total. The number of rotatable bonds is 54. The maximum Gasteiger partial charge on any atom is 0.472 e. The lowest BCUT2D eigenvalue weighted by Crippen LogP contribution is -2.30. The van der Waals surface area contributed by atoms with Gasteiger partial charge < -0.3 is 24.2 Å². The maximum atomic E-state index is 12.9. The van der Waals surface area contributed by atoms with Gasteiger partial charge in [0.15, 0.2) is 6.10 Å². The summed E-state index contributed by atoms with van der Waals surface area (Å²) < 4.78 is 39.5. The fraction of sp³-hybridized carbons (Fsp3) is 0.529. The van der Waals surface area contributed by atoms with Crippen LogP contribution < -0.4 is 0 Å². The third-order valence-electron chi connectivity index (χ3n) is 11.8. The summed E-state index contributed by atoms with van der Waals surface area (Å²) in [6.07, 6.45) is 84.2. The molecule has 458 valence electrons. The summed E-state index contributed by atoms with van der Waals surface area (Å²) in [5.74, 6) is -1.63. The van der Waals surface area contributed by atoms with Crippen LogP contribution in [-0.2, 0) is 42.2 Å². The van der Waals surface area contributed by atoms with E-state index >= 15 is 0 Å². The number of ether oxygens (including phenoxy) is 3. The molecule has 0 aromatic carbocycles. The van der Waals surface area contributed by atoms with Gasteiger partial charge >= 0.3 is 25.7 Å². The summed E-state index contributed by atoms with van der Waals surface area (Å²) in [5, 5.41) is 9.84. The molecule has 3 atom stereocenters. The van der Waals surface area contributed by atoms with Crippen LogP contribution >= 0.6 is 7.82 Å². The maximum absolute atomic E-state index is 12.9. The van der Waals surface area contributed by atoms with E-state index in [9.17, 15) is 28.9 Å². The lowest BCUT2D eigenvalue weighted by Gasteiger charge is -2.21. The Labute approximate surface area is 497 Å². The van der Waals surface area contributed by atoms with Crippen molar-refractivity contribution in [3.8, 4) is 0 Å². The predicted molar refractivity (Wildman–Crippen MR) is 343 cm³/mol. The molecule has 0 radical (unpaired) electrons. The number of aliphatic hydroxyl groups is 1. The summed E-state index contributed by atoms with van der Waals surface area (Å²) in [6, 6.07) is 0. The number of allylic oxidation sites excluding steroid dienone is 30. The standard InChI is InChI=1S/C70H107O11P/c1-4-7-10-13-16-19-22-25-28-31-33-36-38-41-44-47-50-53-56-59-68(72)77-63-67(81-70(74)61-58-55-52-49-46-43-40-37-34-32-29-26-23-20-17-14-11-8-5-2)65-79-82(75,76)78-64-66(62-71)80-69(73)60-57-54-51-48-45-42-39-35-30-27-24-21-18-15-12-9-6-3/h7-12,16-21,25-30,33-34,36-37,39,41-44,46,48,51,66-67,71H,4-6,13-15,22-24,31-32,35,38,40,45,47,49-50,52-65H2,1-3H3,(H,75,76)/b10-7-,11-8-,12-9-,19-16-,20-17-,21-18-,28-25-,29-26-,30-27-,36-33-,37-34-,42-39-,44-41-,46-43-,51-48-. The van der Waals surface area contributed by atoms with E-state index in [1.165, 1.54) is 0 Å². The van der Waals surface area contributed by atoms with Gasteiger partial charge in [0.25, 0.3) is 0 Å². The topological polar surface area (TPSA) is 155 Å². The molecule has 0 aliphatic carbocycles. The second-order valence-corrected chi connectivity index (χ2v) is 20.8. The minimum atomic E-state index is -4.80. The van der Waals surface area contributed by atoms with E-state index in [2.05, 4.69) is 191 Å². The first-order valence-electron chi connectivity index (χ1n) is 30.7. The smallest absolute Gasteiger partial charge is 0.462 e. The van der Waals surface area contributed by atoms with E-state index in [0.29, 0.717) is 25.7 Å². The second-order valence-electron chi connectivity index (χ2n) is 19.4. The highest BCUT2D eigenvalue weighted by Gasteiger charge is 2.28. The first-order valence-corrected chi connectivity index (χ1v) is 32.2. The summed E-state index contributed by atoms with van der Waals surface area (Å²) in [5.41, 5.74) is 0. The molecule has 2 N–H and O–H groups in total. The zero-order chi connectivity index (χ0) is 59.8.